The summed E-state index contributed by atoms with van der Waals surface area (Å²) in [5, 5.41) is 4.98. The van der Waals surface area contributed by atoms with Gasteiger partial charge in [0.15, 0.2) is 5.69 Å². The van der Waals surface area contributed by atoms with Gasteiger partial charge < -0.3 is 0 Å². The summed E-state index contributed by atoms with van der Waals surface area (Å²) >= 11 is 0. The van der Waals surface area contributed by atoms with Gasteiger partial charge in [0.25, 0.3) is 0 Å². The molecule has 0 fully saturated rings. The van der Waals surface area contributed by atoms with E-state index in [9.17, 15) is 21.6 Å². The number of benzene rings is 1. The van der Waals surface area contributed by atoms with Gasteiger partial charge in [-0.1, -0.05) is 19.2 Å². The molecule has 1 heterocycles. The molecule has 2 aromatic rings. The Kier molecular flexibility index (Phi) is 4.18. The molecule has 5 nitrogen and oxygen atoms in total. The lowest BCUT2D eigenvalue weighted by molar-refractivity contribution is -0.140. The molecule has 0 radical (unpaired) electrons. The van der Waals surface area contributed by atoms with Crippen molar-refractivity contribution in [1.82, 2.24) is 9.55 Å². The fourth-order valence-electron chi connectivity index (χ4n) is 1.83. The van der Waals surface area contributed by atoms with Crippen LogP contribution in [0.1, 0.15) is 11.5 Å². The maximum atomic E-state index is 12.9. The summed E-state index contributed by atoms with van der Waals surface area (Å²) in [6.07, 6.45) is -2.55. The molecule has 0 saturated carbocycles. The third-order valence-electron chi connectivity index (χ3n) is 2.97. The van der Waals surface area contributed by atoms with Crippen LogP contribution in [-0.2, 0) is 16.2 Å². The van der Waals surface area contributed by atoms with E-state index in [0.29, 0.717) is 0 Å². The van der Waals surface area contributed by atoms with Crippen LogP contribution in [0.3, 0.4) is 0 Å². The Hall–Kier alpha value is -2.39. The Bertz CT molecular complexity index is 866. The number of sulfonamides is 1. The molecule has 0 atom stereocenters. The van der Waals surface area contributed by atoms with E-state index in [2.05, 4.69) is 18.1 Å². The van der Waals surface area contributed by atoms with Gasteiger partial charge in [0.1, 0.15) is 5.82 Å². The van der Waals surface area contributed by atoms with Crippen molar-refractivity contribution in [2.75, 3.05) is 0 Å². The average Bonchev–Trinajstić information content (AvgIpc) is 2.91. The second-order valence-electron chi connectivity index (χ2n) is 4.59. The summed E-state index contributed by atoms with van der Waals surface area (Å²) in [4.78, 5) is 3.37. The average molecular weight is 343 g/mol. The first-order chi connectivity index (χ1) is 10.5. The maximum Gasteiger partial charge on any atom is 0.434 e. The van der Waals surface area contributed by atoms with Gasteiger partial charge >= 0.3 is 6.18 Å². The van der Waals surface area contributed by atoms with Gasteiger partial charge in [0.2, 0.25) is 10.0 Å². The highest BCUT2D eigenvalue weighted by atomic mass is 32.2. The summed E-state index contributed by atoms with van der Waals surface area (Å²) < 4.78 is 62.2. The lowest BCUT2D eigenvalue weighted by Gasteiger charge is -2.08. The Morgan fingerprint density at radius 1 is 1.26 bits per heavy atom. The van der Waals surface area contributed by atoms with Crippen molar-refractivity contribution < 1.29 is 21.6 Å². The molecule has 23 heavy (non-hydrogen) atoms. The largest absolute Gasteiger partial charge is 0.434 e. The number of alkyl halides is 3. The third-order valence-corrected chi connectivity index (χ3v) is 3.90. The van der Waals surface area contributed by atoms with Crippen LogP contribution in [0.15, 0.2) is 54.6 Å². The van der Waals surface area contributed by atoms with Crippen molar-refractivity contribution in [3.05, 3.63) is 61.2 Å². The smallest absolute Gasteiger partial charge is 0.299 e. The number of hydrogen-bond donors (Lipinski definition) is 1. The minimum Gasteiger partial charge on any atom is -0.299 e. The second-order valence-corrected chi connectivity index (χ2v) is 6.15. The molecule has 0 amide bonds. The van der Waals surface area contributed by atoms with Crippen LogP contribution in [-0.4, -0.2) is 18.0 Å². The molecule has 1 aromatic heterocycles. The van der Waals surface area contributed by atoms with Gasteiger partial charge in [-0.3, -0.25) is 4.57 Å². The van der Waals surface area contributed by atoms with Crippen molar-refractivity contribution in [2.24, 2.45) is 5.14 Å². The lowest BCUT2D eigenvalue weighted by Crippen LogP contribution is -2.12. The van der Waals surface area contributed by atoms with Crippen molar-refractivity contribution in [3.8, 4) is 5.69 Å². The number of allylic oxidation sites excluding steroid dienone is 2. The minimum absolute atomic E-state index is 0.0457. The predicted molar refractivity (Wildman–Crippen MR) is 79.2 cm³/mol. The van der Waals surface area contributed by atoms with E-state index in [-0.39, 0.29) is 22.0 Å². The number of aromatic nitrogens is 2. The molecule has 1 aromatic carbocycles. The standard InChI is InChI=1S/C14H12F3N3O2S/c1-3-9(2)13-19-12(14(15,16)17)8-20(13)10-4-6-11(7-5-10)23(18,21)22/h3-8H,1-2H2,(H2,18,21,22). The maximum absolute atomic E-state index is 12.9. The van der Waals surface area contributed by atoms with Crippen LogP contribution in [0.4, 0.5) is 13.2 Å². The number of nitrogens with two attached hydrogens (primary N) is 1. The normalized spacial score (nSPS) is 12.2. The van der Waals surface area contributed by atoms with Crippen molar-refractivity contribution in [2.45, 2.75) is 11.1 Å². The van der Waals surface area contributed by atoms with E-state index in [1.165, 1.54) is 30.3 Å². The molecule has 9 heteroatoms. The molecule has 122 valence electrons. The Morgan fingerprint density at radius 3 is 2.26 bits per heavy atom. The van der Waals surface area contributed by atoms with Gasteiger partial charge in [0, 0.05) is 17.5 Å². The van der Waals surface area contributed by atoms with Crippen LogP contribution in [0.25, 0.3) is 11.3 Å². The summed E-state index contributed by atoms with van der Waals surface area (Å²) in [6, 6.07) is 5.03. The number of rotatable bonds is 4. The van der Waals surface area contributed by atoms with Crippen LogP contribution >= 0.6 is 0 Å². The topological polar surface area (TPSA) is 78.0 Å². The Balaban J connectivity index is 2.60. The first-order valence-corrected chi connectivity index (χ1v) is 7.70. The monoisotopic (exact) mass is 343 g/mol. The number of primary sulfonamides is 1. The van der Waals surface area contributed by atoms with Crippen molar-refractivity contribution in [1.29, 1.82) is 0 Å². The minimum atomic E-state index is -4.62. The van der Waals surface area contributed by atoms with Gasteiger partial charge in [-0.05, 0) is 24.3 Å². The van der Waals surface area contributed by atoms with Crippen LogP contribution in [0, 0.1) is 0 Å². The van der Waals surface area contributed by atoms with Crippen LogP contribution in [0.2, 0.25) is 0 Å². The molecule has 0 unspecified atom stereocenters. The van der Waals surface area contributed by atoms with Crippen LogP contribution < -0.4 is 5.14 Å². The zero-order chi connectivity index (χ0) is 17.4. The molecule has 0 spiro atoms. The first-order valence-electron chi connectivity index (χ1n) is 6.15. The van der Waals surface area contributed by atoms with E-state index < -0.39 is 21.9 Å². The quantitative estimate of drug-likeness (QED) is 0.867. The third kappa shape index (κ3) is 3.51. The number of nitrogens with zero attached hydrogens (tertiary/aromatic N) is 2. The van der Waals surface area contributed by atoms with E-state index in [4.69, 9.17) is 5.14 Å². The van der Waals surface area contributed by atoms with Crippen LogP contribution in [0.5, 0.6) is 0 Å². The van der Waals surface area contributed by atoms with E-state index in [1.807, 2.05) is 0 Å². The number of hydrogen-bond acceptors (Lipinski definition) is 3. The van der Waals surface area contributed by atoms with Gasteiger partial charge in [0.05, 0.1) is 4.90 Å². The fraction of sp³-hybridized carbons (Fsp3) is 0.0714. The predicted octanol–water partition coefficient (Wildman–Crippen LogP) is 2.74. The van der Waals surface area contributed by atoms with E-state index in [1.54, 1.807) is 0 Å². The molecule has 0 aliphatic rings. The fourth-order valence-corrected chi connectivity index (χ4v) is 2.34. The summed E-state index contributed by atoms with van der Waals surface area (Å²) in [5.41, 5.74) is -0.625. The zero-order valence-electron chi connectivity index (χ0n) is 11.7. The van der Waals surface area contributed by atoms with Gasteiger partial charge in [-0.2, -0.15) is 13.2 Å². The summed E-state index contributed by atoms with van der Waals surface area (Å²) in [6.45, 7) is 7.06. The van der Waals surface area contributed by atoms with E-state index >= 15 is 0 Å². The van der Waals surface area contributed by atoms with Gasteiger partial charge in [-0.15, -0.1) is 0 Å². The Morgan fingerprint density at radius 2 is 1.83 bits per heavy atom. The molecular formula is C14H12F3N3O2S. The summed E-state index contributed by atoms with van der Waals surface area (Å²) in [7, 11) is -3.89. The highest BCUT2D eigenvalue weighted by Gasteiger charge is 2.35. The molecule has 0 aliphatic carbocycles. The Labute approximate surface area is 130 Å². The molecule has 2 rings (SSSR count). The highest BCUT2D eigenvalue weighted by Crippen LogP contribution is 2.31. The SMILES string of the molecule is C=CC(=C)c1nc(C(F)(F)F)cn1-c1ccc(S(N)(=O)=O)cc1. The van der Waals surface area contributed by atoms with Gasteiger partial charge in [-0.25, -0.2) is 18.5 Å². The highest BCUT2D eigenvalue weighted by molar-refractivity contribution is 7.89. The zero-order valence-corrected chi connectivity index (χ0v) is 12.5. The molecule has 0 saturated heterocycles. The molecule has 0 bridgehead atoms. The number of imidazole rings is 1. The lowest BCUT2D eigenvalue weighted by atomic mass is 10.2. The van der Waals surface area contributed by atoms with E-state index in [0.717, 1.165) is 10.8 Å². The van der Waals surface area contributed by atoms with Crippen molar-refractivity contribution >= 4 is 15.6 Å². The van der Waals surface area contributed by atoms with Crippen molar-refractivity contribution in [3.63, 3.8) is 0 Å². The molecular weight excluding hydrogens is 331 g/mol. The molecule has 0 aliphatic heterocycles. The number of halogens is 3. The first kappa shape index (κ1) is 17.0. The molecule has 2 N–H and O–H groups in total. The second kappa shape index (κ2) is 5.67. The summed E-state index contributed by atoms with van der Waals surface area (Å²) in [5.74, 6) is -0.0457.